The van der Waals surface area contributed by atoms with Crippen LogP contribution >= 0.6 is 11.6 Å². The largest absolute Gasteiger partial charge is 0.352 e. The van der Waals surface area contributed by atoms with Crippen LogP contribution in [0.4, 0.5) is 0 Å². The van der Waals surface area contributed by atoms with Gasteiger partial charge in [0.15, 0.2) is 0 Å². The highest BCUT2D eigenvalue weighted by Gasteiger charge is 2.38. The molecule has 224 valence electrons. The van der Waals surface area contributed by atoms with Gasteiger partial charge in [-0.1, -0.05) is 67.4 Å². The number of likely N-dealkylation sites (tertiary alicyclic amines) is 1. The quantitative estimate of drug-likeness (QED) is 0.236. The standard InChI is InChI=1S/C35H45ClN4O2/c1-2-28(29-10-5-3-6-11-29)26-39-21-17-27(22-34(40(39)42)12-9-20-38-18-7-4-8-19-38)25-37-35(41)32-14-13-31-24-33(36)16-15-30(31)23-32/h3,5-6,10-11,13-16,23-24,27-28,34H,2,4,7-9,12,17-22,25-26H2,1H3/p+1/t27-,28+,34-/m0/s1. The summed E-state index contributed by atoms with van der Waals surface area (Å²) in [4.78, 5) is 30.9. The van der Waals surface area contributed by atoms with Crippen molar-refractivity contribution in [2.45, 2.75) is 70.3 Å². The second-order valence-electron chi connectivity index (χ2n) is 12.2. The van der Waals surface area contributed by atoms with Crippen molar-refractivity contribution in [1.82, 2.24) is 15.2 Å². The van der Waals surface area contributed by atoms with Crippen LogP contribution in [0, 0.1) is 10.8 Å². The first-order chi connectivity index (χ1) is 20.5. The Morgan fingerprint density at radius 2 is 1.76 bits per heavy atom. The van der Waals surface area contributed by atoms with Crippen LogP contribution in [-0.4, -0.2) is 66.0 Å². The minimum Gasteiger partial charge on any atom is -0.352 e. The number of benzene rings is 3. The summed E-state index contributed by atoms with van der Waals surface area (Å²) < 4.78 is 0. The molecule has 2 aliphatic rings. The third-order valence-corrected chi connectivity index (χ3v) is 9.50. The van der Waals surface area contributed by atoms with Crippen molar-refractivity contribution >= 4 is 28.3 Å². The number of hydrogen-bond acceptors (Lipinski definition) is 3. The molecule has 2 heterocycles. The van der Waals surface area contributed by atoms with Crippen LogP contribution in [0.1, 0.15) is 80.1 Å². The first-order valence-corrected chi connectivity index (χ1v) is 16.3. The fourth-order valence-corrected chi connectivity index (χ4v) is 6.90. The maximum absolute atomic E-state index is 13.9. The molecule has 6 nitrogen and oxygen atoms in total. The van der Waals surface area contributed by atoms with Gasteiger partial charge in [-0.2, -0.15) is 0 Å². The summed E-state index contributed by atoms with van der Waals surface area (Å²) in [5, 5.41) is 7.96. The summed E-state index contributed by atoms with van der Waals surface area (Å²) in [6, 6.07) is 22.0. The number of hydrazine groups is 1. The fourth-order valence-electron chi connectivity index (χ4n) is 6.72. The first-order valence-electron chi connectivity index (χ1n) is 16.0. The normalized spacial score (nSPS) is 20.8. The number of nitrogens with one attached hydrogen (secondary N) is 1. The number of halogens is 1. The zero-order chi connectivity index (χ0) is 29.3. The van der Waals surface area contributed by atoms with Gasteiger partial charge in [-0.05, 0) is 98.3 Å². The molecular formula is C35H46ClN4O2+. The van der Waals surface area contributed by atoms with Gasteiger partial charge >= 0.3 is 0 Å². The lowest BCUT2D eigenvalue weighted by Gasteiger charge is -2.26. The lowest BCUT2D eigenvalue weighted by molar-refractivity contribution is -0.734. The summed E-state index contributed by atoms with van der Waals surface area (Å²) in [6.07, 6.45) is 8.52. The minimum absolute atomic E-state index is 0.0660. The van der Waals surface area contributed by atoms with Gasteiger partial charge in [-0.3, -0.25) is 4.79 Å². The Morgan fingerprint density at radius 1 is 1.00 bits per heavy atom. The van der Waals surface area contributed by atoms with E-state index in [1.165, 1.54) is 42.8 Å². The zero-order valence-electron chi connectivity index (χ0n) is 25.0. The number of nitroso groups, excluding NO2 is 1. The Bertz CT molecular complexity index is 1330. The summed E-state index contributed by atoms with van der Waals surface area (Å²) in [5.41, 5.74) is 1.94. The molecule has 1 amide bonds. The van der Waals surface area contributed by atoms with Gasteiger partial charge in [0, 0.05) is 35.9 Å². The Kier molecular flexibility index (Phi) is 10.9. The van der Waals surface area contributed by atoms with Crippen LogP contribution in [-0.2, 0) is 0 Å². The third kappa shape index (κ3) is 8.11. The SMILES string of the molecule is CC[C@H](CN1CC[C@H](CNC(=O)c2ccc3cc(Cl)ccc3c2)C[C@H](CCCN2CCCCC2)[N+]1=O)c1ccccc1. The summed E-state index contributed by atoms with van der Waals surface area (Å²) in [6.45, 7) is 7.67. The van der Waals surface area contributed by atoms with Crippen molar-refractivity contribution in [2.24, 2.45) is 5.92 Å². The number of carbonyl (C=O) groups excluding carboxylic acids is 1. The van der Waals surface area contributed by atoms with Gasteiger partial charge < -0.3 is 10.2 Å². The average molecular weight is 590 g/mol. The smallest absolute Gasteiger partial charge is 0.251 e. The number of amides is 1. The highest BCUT2D eigenvalue weighted by molar-refractivity contribution is 6.31. The molecule has 42 heavy (non-hydrogen) atoms. The van der Waals surface area contributed by atoms with Gasteiger partial charge in [-0.25, -0.2) is 0 Å². The molecule has 0 aliphatic carbocycles. The topological polar surface area (TPSA) is 55.7 Å². The maximum atomic E-state index is 13.9. The van der Waals surface area contributed by atoms with E-state index in [1.54, 1.807) is 0 Å². The van der Waals surface area contributed by atoms with Crippen LogP contribution in [0.25, 0.3) is 10.8 Å². The van der Waals surface area contributed by atoms with E-state index in [1.807, 2.05) is 42.5 Å². The average Bonchev–Trinajstić information content (AvgIpc) is 3.17. The summed E-state index contributed by atoms with van der Waals surface area (Å²) in [7, 11) is 0. The van der Waals surface area contributed by atoms with Crippen LogP contribution in [0.3, 0.4) is 0 Å². The molecule has 3 aromatic carbocycles. The molecule has 0 spiro atoms. The zero-order valence-corrected chi connectivity index (χ0v) is 25.8. The Hall–Kier alpha value is -2.96. The molecule has 2 saturated heterocycles. The highest BCUT2D eigenvalue weighted by atomic mass is 35.5. The van der Waals surface area contributed by atoms with Gasteiger partial charge in [0.05, 0.1) is 18.0 Å². The van der Waals surface area contributed by atoms with E-state index < -0.39 is 0 Å². The molecule has 0 bridgehead atoms. The number of fused-ring (bicyclic) bond motifs is 1. The van der Waals surface area contributed by atoms with Crippen molar-refractivity contribution < 1.29 is 9.66 Å². The molecule has 7 heteroatoms. The van der Waals surface area contributed by atoms with Crippen LogP contribution in [0.15, 0.2) is 66.7 Å². The number of hydrogen-bond donors (Lipinski definition) is 1. The monoisotopic (exact) mass is 589 g/mol. The number of piperidine rings is 1. The molecule has 2 aliphatic heterocycles. The van der Waals surface area contributed by atoms with E-state index in [2.05, 4.69) is 46.4 Å². The first kappa shape index (κ1) is 30.5. The van der Waals surface area contributed by atoms with Crippen LogP contribution in [0.5, 0.6) is 0 Å². The molecule has 0 saturated carbocycles. The van der Waals surface area contributed by atoms with E-state index >= 15 is 0 Å². The molecule has 3 atom stereocenters. The molecule has 1 N–H and O–H groups in total. The van der Waals surface area contributed by atoms with E-state index in [9.17, 15) is 9.70 Å². The number of rotatable bonds is 11. The molecule has 2 fully saturated rings. The molecule has 3 aromatic rings. The third-order valence-electron chi connectivity index (χ3n) is 9.26. The van der Waals surface area contributed by atoms with Gasteiger partial charge in [0.1, 0.15) is 4.87 Å². The van der Waals surface area contributed by atoms with Crippen molar-refractivity contribution in [1.29, 1.82) is 0 Å². The van der Waals surface area contributed by atoms with Gasteiger partial charge in [0.2, 0.25) is 6.04 Å². The van der Waals surface area contributed by atoms with E-state index in [4.69, 9.17) is 11.6 Å². The van der Waals surface area contributed by atoms with E-state index in [0.29, 0.717) is 29.6 Å². The van der Waals surface area contributed by atoms with Gasteiger partial charge in [-0.15, -0.1) is 5.01 Å². The molecule has 0 radical (unpaired) electrons. The predicted molar refractivity (Wildman–Crippen MR) is 172 cm³/mol. The summed E-state index contributed by atoms with van der Waals surface area (Å²) >= 11 is 6.13. The Labute approximate surface area is 256 Å². The molecule has 0 unspecified atom stereocenters. The lowest BCUT2D eigenvalue weighted by atomic mass is 9.94. The van der Waals surface area contributed by atoms with E-state index in [0.717, 1.165) is 56.0 Å². The van der Waals surface area contributed by atoms with Crippen LogP contribution in [0.2, 0.25) is 5.02 Å². The fraction of sp³-hybridized carbons (Fsp3) is 0.514. The van der Waals surface area contributed by atoms with Crippen molar-refractivity contribution in [3.05, 3.63) is 87.8 Å². The van der Waals surface area contributed by atoms with Gasteiger partial charge in [0.25, 0.3) is 5.91 Å². The second kappa shape index (κ2) is 15.0. The van der Waals surface area contributed by atoms with Crippen molar-refractivity contribution in [3.8, 4) is 0 Å². The predicted octanol–water partition coefficient (Wildman–Crippen LogP) is 7.46. The van der Waals surface area contributed by atoms with Crippen molar-refractivity contribution in [3.63, 3.8) is 0 Å². The summed E-state index contributed by atoms with van der Waals surface area (Å²) in [5.74, 6) is 0.505. The number of carbonyl (C=O) groups is 1. The Morgan fingerprint density at radius 3 is 2.55 bits per heavy atom. The second-order valence-corrected chi connectivity index (χ2v) is 12.7. The molecule has 0 aromatic heterocycles. The minimum atomic E-state index is -0.0714. The van der Waals surface area contributed by atoms with Crippen LogP contribution < -0.4 is 5.32 Å². The molecule has 5 rings (SSSR count). The Balaban J connectivity index is 1.24. The lowest BCUT2D eigenvalue weighted by Crippen LogP contribution is -2.41. The van der Waals surface area contributed by atoms with E-state index in [-0.39, 0.29) is 17.9 Å². The molecular weight excluding hydrogens is 544 g/mol. The van der Waals surface area contributed by atoms with Crippen molar-refractivity contribution in [2.75, 3.05) is 39.3 Å². The maximum Gasteiger partial charge on any atom is 0.251 e. The highest BCUT2D eigenvalue weighted by Crippen LogP contribution is 2.27. The number of nitrogens with zero attached hydrogens (tertiary/aromatic N) is 3.